The number of fused-ring (bicyclic) bond motifs is 1. The Hall–Kier alpha value is -2.99. The van der Waals surface area contributed by atoms with Gasteiger partial charge in [0.25, 0.3) is 5.91 Å². The van der Waals surface area contributed by atoms with Gasteiger partial charge in [-0.15, -0.1) is 0 Å². The molecule has 0 aliphatic carbocycles. The summed E-state index contributed by atoms with van der Waals surface area (Å²) >= 11 is 0. The number of hydrogen-bond donors (Lipinski definition) is 2. The maximum atomic E-state index is 14.4. The molecule has 12 heteroatoms. The average molecular weight is 457 g/mol. The molecule has 0 unspecified atom stereocenters. The third-order valence-corrected chi connectivity index (χ3v) is 7.59. The molecule has 0 bridgehead atoms. The Morgan fingerprint density at radius 2 is 2.00 bits per heavy atom. The van der Waals surface area contributed by atoms with Crippen LogP contribution in [-0.2, 0) is 21.2 Å². The third-order valence-electron chi connectivity index (χ3n) is 5.57. The number of sulfone groups is 1. The normalized spacial score (nSPS) is 15.5. The Morgan fingerprint density at radius 1 is 1.32 bits per heavy atom. The number of rotatable bonds is 7. The fraction of sp³-hybridized carbons (Fsp3) is 0.368. The van der Waals surface area contributed by atoms with E-state index in [1.165, 1.54) is 46.5 Å². The molecule has 0 radical (unpaired) electrons. The van der Waals surface area contributed by atoms with E-state index in [1.54, 1.807) is 0 Å². The first-order valence-corrected chi connectivity index (χ1v) is 11.0. The number of amides is 2. The lowest BCUT2D eigenvalue weighted by molar-refractivity contribution is -0.131. The number of methoxy groups -OCH3 is 1. The second kappa shape index (κ2) is 7.93. The molecular weight excluding hydrogens is 436 g/mol. The Kier molecular flexibility index (Phi) is 5.80. The highest BCUT2D eigenvalue weighted by atomic mass is 32.2. The molecule has 1 aromatic carbocycles. The highest BCUT2D eigenvalue weighted by Crippen LogP contribution is 2.33. The van der Waals surface area contributed by atoms with Crippen molar-refractivity contribution < 1.29 is 36.7 Å². The maximum absolute atomic E-state index is 14.4. The molecule has 2 heterocycles. The molecule has 3 rings (SSSR count). The number of carbonyl (C=O) groups excluding carboxylic acids is 2. The summed E-state index contributed by atoms with van der Waals surface area (Å²) in [5, 5.41) is 8.89. The minimum atomic E-state index is -3.90. The van der Waals surface area contributed by atoms with Crippen molar-refractivity contribution in [3.63, 3.8) is 0 Å². The van der Waals surface area contributed by atoms with Crippen LogP contribution in [-0.4, -0.2) is 59.7 Å². The summed E-state index contributed by atoms with van der Waals surface area (Å²) in [6.45, 7) is 1.16. The summed E-state index contributed by atoms with van der Waals surface area (Å²) in [6.07, 6.45) is 1.98. The van der Waals surface area contributed by atoms with Crippen molar-refractivity contribution in [3.8, 4) is 16.9 Å². The molecule has 0 saturated carbocycles. The monoisotopic (exact) mass is 457 g/mol. The molecule has 2 amide bonds. The molecule has 1 aliphatic rings. The van der Waals surface area contributed by atoms with Crippen molar-refractivity contribution in [2.45, 2.75) is 24.6 Å². The number of ether oxygens (including phenoxy) is 1. The van der Waals surface area contributed by atoms with Crippen LogP contribution < -0.4 is 10.2 Å². The van der Waals surface area contributed by atoms with Crippen molar-refractivity contribution in [3.05, 3.63) is 41.7 Å². The second-order valence-corrected chi connectivity index (χ2v) is 9.88. The van der Waals surface area contributed by atoms with E-state index in [0.29, 0.717) is 11.3 Å². The van der Waals surface area contributed by atoms with Crippen molar-refractivity contribution in [1.82, 2.24) is 14.9 Å². The summed E-state index contributed by atoms with van der Waals surface area (Å²) in [6, 6.07) is 3.65. The number of aromatic nitrogens is 1. The molecule has 31 heavy (non-hydrogen) atoms. The first kappa shape index (κ1) is 22.7. The molecule has 1 atom stereocenters. The van der Waals surface area contributed by atoms with Gasteiger partial charge < -0.3 is 9.64 Å². The summed E-state index contributed by atoms with van der Waals surface area (Å²) in [5.74, 6) is -3.58. The van der Waals surface area contributed by atoms with E-state index in [0.717, 1.165) is 13.2 Å². The summed E-state index contributed by atoms with van der Waals surface area (Å²) < 4.78 is 56.6. The molecule has 0 saturated heterocycles. The molecule has 168 valence electrons. The molecule has 9 nitrogen and oxygen atoms in total. The average Bonchev–Trinajstić information content (AvgIpc) is 3.25. The van der Waals surface area contributed by atoms with Crippen LogP contribution in [0, 0.1) is 11.6 Å². The van der Waals surface area contributed by atoms with Gasteiger partial charge in [-0.25, -0.2) is 23.1 Å². The Bertz CT molecular complexity index is 1160. The summed E-state index contributed by atoms with van der Waals surface area (Å²) in [7, 11) is -2.68. The van der Waals surface area contributed by atoms with Gasteiger partial charge in [-0.2, -0.15) is 4.39 Å². The molecule has 0 fully saturated rings. The van der Waals surface area contributed by atoms with Crippen molar-refractivity contribution in [1.29, 1.82) is 0 Å². The highest BCUT2D eigenvalue weighted by Gasteiger charge is 2.44. The number of halogens is 2. The largest absolute Gasteiger partial charge is 0.494 e. The van der Waals surface area contributed by atoms with Gasteiger partial charge in [0, 0.05) is 35.8 Å². The van der Waals surface area contributed by atoms with Gasteiger partial charge in [0.05, 0.1) is 13.7 Å². The van der Waals surface area contributed by atoms with Crippen LogP contribution in [0.1, 0.15) is 19.0 Å². The van der Waals surface area contributed by atoms with E-state index in [2.05, 4.69) is 0 Å². The van der Waals surface area contributed by atoms with E-state index < -0.39 is 38.2 Å². The van der Waals surface area contributed by atoms with Gasteiger partial charge in [0.15, 0.2) is 26.2 Å². The van der Waals surface area contributed by atoms with Gasteiger partial charge in [-0.05, 0) is 31.5 Å². The number of benzene rings is 1. The van der Waals surface area contributed by atoms with Crippen LogP contribution in [0.5, 0.6) is 5.75 Å². The van der Waals surface area contributed by atoms with E-state index >= 15 is 0 Å². The predicted molar refractivity (Wildman–Crippen MR) is 105 cm³/mol. The standard InChI is InChI=1S/C19H21F2N3O6S/c1-19(17(25)22-27,31(3,28)29)6-7-23-10-12-8-11(9-24(12)18(23)26)13-4-5-14(30-2)16(21)15(13)20/h4-5,8-9,27H,6-7,10H2,1-3H3,(H,22,25)/t19-/m1/s1. The number of carbonyl (C=O) groups is 2. The second-order valence-electron chi connectivity index (χ2n) is 7.43. The fourth-order valence-electron chi connectivity index (χ4n) is 3.39. The number of nitrogens with zero attached hydrogens (tertiary/aromatic N) is 2. The van der Waals surface area contributed by atoms with Crippen molar-refractivity contribution in [2.75, 3.05) is 19.9 Å². The number of hydroxylamine groups is 1. The van der Waals surface area contributed by atoms with Crippen molar-refractivity contribution >= 4 is 21.8 Å². The smallest absolute Gasteiger partial charge is 0.328 e. The Morgan fingerprint density at radius 3 is 2.55 bits per heavy atom. The van der Waals surface area contributed by atoms with E-state index in [1.807, 2.05) is 0 Å². The van der Waals surface area contributed by atoms with Gasteiger partial charge >= 0.3 is 6.03 Å². The van der Waals surface area contributed by atoms with E-state index in [9.17, 15) is 26.8 Å². The zero-order chi connectivity index (χ0) is 23.1. The maximum Gasteiger partial charge on any atom is 0.328 e. The van der Waals surface area contributed by atoms with E-state index in [-0.39, 0.29) is 30.8 Å². The van der Waals surface area contributed by atoms with Crippen LogP contribution in [0.4, 0.5) is 13.6 Å². The molecule has 2 aromatic rings. The predicted octanol–water partition coefficient (Wildman–Crippen LogP) is 1.92. The third kappa shape index (κ3) is 3.76. The first-order chi connectivity index (χ1) is 14.4. The van der Waals surface area contributed by atoms with Crippen LogP contribution >= 0.6 is 0 Å². The van der Waals surface area contributed by atoms with E-state index in [4.69, 9.17) is 9.94 Å². The van der Waals surface area contributed by atoms with Crippen LogP contribution in [0.3, 0.4) is 0 Å². The summed E-state index contributed by atoms with van der Waals surface area (Å²) in [5.41, 5.74) is 2.10. The highest BCUT2D eigenvalue weighted by molar-refractivity contribution is 7.92. The van der Waals surface area contributed by atoms with Gasteiger partial charge in [0.2, 0.25) is 5.82 Å². The summed E-state index contributed by atoms with van der Waals surface area (Å²) in [4.78, 5) is 25.9. The first-order valence-electron chi connectivity index (χ1n) is 9.11. The number of nitrogens with one attached hydrogen (secondary N) is 1. The molecular formula is C19H21F2N3O6S. The quantitative estimate of drug-likeness (QED) is 0.485. The van der Waals surface area contributed by atoms with Gasteiger partial charge in [-0.1, -0.05) is 0 Å². The zero-order valence-corrected chi connectivity index (χ0v) is 17.8. The molecule has 2 N–H and O–H groups in total. The lowest BCUT2D eigenvalue weighted by Crippen LogP contribution is -2.50. The molecule has 1 aliphatic heterocycles. The van der Waals surface area contributed by atoms with Crippen LogP contribution in [0.25, 0.3) is 11.1 Å². The zero-order valence-electron chi connectivity index (χ0n) is 17.0. The van der Waals surface area contributed by atoms with Crippen LogP contribution in [0.2, 0.25) is 0 Å². The van der Waals surface area contributed by atoms with Gasteiger partial charge in [-0.3, -0.25) is 14.6 Å². The topological polar surface area (TPSA) is 118 Å². The van der Waals surface area contributed by atoms with Crippen molar-refractivity contribution in [2.24, 2.45) is 0 Å². The van der Waals surface area contributed by atoms with Crippen LogP contribution in [0.15, 0.2) is 24.4 Å². The Labute approximate surface area is 177 Å². The SMILES string of the molecule is COc1ccc(-c2cc3n(c2)C(=O)N(CC[C@](C)(C(=O)NO)S(C)(=O)=O)C3)c(F)c1F. The molecule has 0 spiro atoms. The fourth-order valence-corrected chi connectivity index (χ4v) is 4.24. The lowest BCUT2D eigenvalue weighted by Gasteiger charge is -2.27. The van der Waals surface area contributed by atoms with Gasteiger partial charge in [0.1, 0.15) is 0 Å². The minimum Gasteiger partial charge on any atom is -0.494 e. The minimum absolute atomic E-state index is 0.0381. The lowest BCUT2D eigenvalue weighted by atomic mass is 10.1. The molecule has 1 aromatic heterocycles. The number of hydrogen-bond acceptors (Lipinski definition) is 6. The Balaban J connectivity index is 1.81.